The molecule has 0 N–H and O–H groups in total. The Kier molecular flexibility index (Phi) is 9.80. The van der Waals surface area contributed by atoms with Crippen LogP contribution >= 0.6 is 0 Å². The Morgan fingerprint density at radius 3 is 1.10 bits per heavy atom. The van der Waals surface area contributed by atoms with E-state index in [0.717, 1.165) is 34.4 Å². The lowest BCUT2D eigenvalue weighted by molar-refractivity contribution is 0.324. The second kappa shape index (κ2) is 13.7. The van der Waals surface area contributed by atoms with Crippen molar-refractivity contribution >= 4 is 23.2 Å². The van der Waals surface area contributed by atoms with Crippen molar-refractivity contribution in [3.05, 3.63) is 108 Å². The highest BCUT2D eigenvalue weighted by Crippen LogP contribution is 2.35. The maximum absolute atomic E-state index is 6.06. The minimum atomic E-state index is -0.201. The molecule has 0 aliphatic rings. The average Bonchev–Trinajstić information content (AvgIpc) is 2.96. The van der Waals surface area contributed by atoms with Crippen LogP contribution in [0.1, 0.15) is 52.7 Å². The van der Waals surface area contributed by atoms with Crippen LogP contribution in [-0.4, -0.2) is 25.0 Å². The summed E-state index contributed by atoms with van der Waals surface area (Å²) in [6, 6.07) is 31.8. The van der Waals surface area contributed by atoms with Gasteiger partial charge in [-0.1, -0.05) is 38.1 Å². The normalized spacial score (nSPS) is 12.1. The molecule has 0 heterocycles. The number of rotatable bonds is 10. The minimum Gasteiger partial charge on any atom is -0.481 e. The number of hydrogen-bond acceptors (Lipinski definition) is 6. The van der Waals surface area contributed by atoms with Gasteiger partial charge in [-0.05, 0) is 97.8 Å². The van der Waals surface area contributed by atoms with Crippen LogP contribution in [-0.2, 0) is 14.9 Å². The molecule has 0 amide bonds. The van der Waals surface area contributed by atoms with Gasteiger partial charge in [0.05, 0.1) is 24.6 Å². The van der Waals surface area contributed by atoms with E-state index in [9.17, 15) is 0 Å². The van der Waals surface area contributed by atoms with Crippen molar-refractivity contribution < 1.29 is 18.9 Å². The van der Waals surface area contributed by atoms with Crippen LogP contribution in [0.3, 0.4) is 0 Å². The number of hydrogen-bond donors (Lipinski definition) is 0. The van der Waals surface area contributed by atoms with Crippen LogP contribution in [0.5, 0.6) is 23.0 Å². The summed E-state index contributed by atoms with van der Waals surface area (Å²) in [6.45, 7) is 13.2. The Balaban J connectivity index is 1.37. The third-order valence-corrected chi connectivity index (χ3v) is 6.58. The maximum atomic E-state index is 6.06. The van der Waals surface area contributed by atoms with Gasteiger partial charge in [0.25, 0.3) is 0 Å². The van der Waals surface area contributed by atoms with Crippen LogP contribution in [0.2, 0.25) is 0 Å². The topological polar surface area (TPSA) is 61.6 Å². The third-order valence-electron chi connectivity index (χ3n) is 6.58. The first kappa shape index (κ1) is 29.4. The van der Waals surface area contributed by atoms with E-state index in [1.54, 1.807) is 0 Å². The van der Waals surface area contributed by atoms with Gasteiger partial charge in [0.2, 0.25) is 0 Å². The highest BCUT2D eigenvalue weighted by molar-refractivity contribution is 5.77. The SMILES string of the molecule is CCOC(C)=Nc1ccc(Oc2ccc(C(C)(C)c3ccc(Oc4ccc(N=C(C)OCC)cc4)cc3)cc2)cc1. The third kappa shape index (κ3) is 8.21. The van der Waals surface area contributed by atoms with Gasteiger partial charge in [0, 0.05) is 19.3 Å². The van der Waals surface area contributed by atoms with Crippen molar-refractivity contribution in [2.24, 2.45) is 9.98 Å². The first-order valence-corrected chi connectivity index (χ1v) is 13.9. The molecule has 0 fully saturated rings. The second-order valence-corrected chi connectivity index (χ2v) is 9.99. The summed E-state index contributed by atoms with van der Waals surface area (Å²) in [7, 11) is 0. The van der Waals surface area contributed by atoms with Gasteiger partial charge >= 0.3 is 0 Å². The summed E-state index contributed by atoms with van der Waals surface area (Å²) in [5.41, 5.74) is 3.83. The highest BCUT2D eigenvalue weighted by Gasteiger charge is 2.23. The molecule has 0 aliphatic heterocycles. The zero-order valence-electron chi connectivity index (χ0n) is 24.7. The van der Waals surface area contributed by atoms with Crippen LogP contribution in [0.4, 0.5) is 11.4 Å². The van der Waals surface area contributed by atoms with Gasteiger partial charge in [0.15, 0.2) is 11.8 Å². The van der Waals surface area contributed by atoms with Crippen molar-refractivity contribution in [1.29, 1.82) is 0 Å². The number of benzene rings is 4. The number of ether oxygens (including phenoxy) is 4. The van der Waals surface area contributed by atoms with Gasteiger partial charge in [-0.15, -0.1) is 0 Å². The standard InChI is InChI=1S/C35H38N2O4/c1-7-38-25(3)36-29-13-21-33(22-14-29)40-31-17-9-27(10-18-31)35(5,6)28-11-19-32(20-12-28)41-34-23-15-30(16-24-34)37-26(4)39-8-2/h9-24H,7-8H2,1-6H3. The van der Waals surface area contributed by atoms with Crippen molar-refractivity contribution in [2.75, 3.05) is 13.2 Å². The van der Waals surface area contributed by atoms with E-state index in [2.05, 4.69) is 48.1 Å². The summed E-state index contributed by atoms with van der Waals surface area (Å²) < 4.78 is 22.9. The first-order chi connectivity index (χ1) is 19.8. The summed E-state index contributed by atoms with van der Waals surface area (Å²) in [5.74, 6) is 4.35. The molecule has 0 atom stereocenters. The second-order valence-electron chi connectivity index (χ2n) is 9.99. The predicted octanol–water partition coefficient (Wildman–Crippen LogP) is 9.77. The molecule has 212 valence electrons. The Labute approximate surface area is 243 Å². The largest absolute Gasteiger partial charge is 0.481 e. The fraction of sp³-hybridized carbons (Fsp3) is 0.257. The van der Waals surface area contributed by atoms with Crippen LogP contribution < -0.4 is 9.47 Å². The summed E-state index contributed by atoms with van der Waals surface area (Å²) in [6.07, 6.45) is 0. The molecule has 6 nitrogen and oxygen atoms in total. The van der Waals surface area contributed by atoms with Crippen molar-refractivity contribution in [3.8, 4) is 23.0 Å². The molecule has 0 saturated heterocycles. The van der Waals surface area contributed by atoms with E-state index in [1.165, 1.54) is 11.1 Å². The zero-order chi connectivity index (χ0) is 29.2. The summed E-state index contributed by atoms with van der Waals surface area (Å²) in [4.78, 5) is 8.86. The van der Waals surface area contributed by atoms with E-state index in [-0.39, 0.29) is 5.41 Å². The molecule has 0 aliphatic carbocycles. The molecular formula is C35H38N2O4. The molecule has 0 aromatic heterocycles. The summed E-state index contributed by atoms with van der Waals surface area (Å²) >= 11 is 0. The number of nitrogens with zero attached hydrogens (tertiary/aromatic N) is 2. The van der Waals surface area contributed by atoms with Gasteiger partial charge in [-0.3, -0.25) is 0 Å². The molecule has 0 saturated carbocycles. The van der Waals surface area contributed by atoms with Gasteiger partial charge in [-0.2, -0.15) is 0 Å². The van der Waals surface area contributed by atoms with Crippen LogP contribution in [0, 0.1) is 0 Å². The summed E-state index contributed by atoms with van der Waals surface area (Å²) in [5, 5.41) is 0. The van der Waals surface area contributed by atoms with E-state index in [1.807, 2.05) is 100 Å². The fourth-order valence-electron chi connectivity index (χ4n) is 4.34. The van der Waals surface area contributed by atoms with E-state index < -0.39 is 0 Å². The molecule has 0 unspecified atom stereocenters. The lowest BCUT2D eigenvalue weighted by Crippen LogP contribution is -2.18. The van der Waals surface area contributed by atoms with E-state index in [4.69, 9.17) is 18.9 Å². The van der Waals surface area contributed by atoms with Gasteiger partial charge < -0.3 is 18.9 Å². The quantitative estimate of drug-likeness (QED) is 0.146. The zero-order valence-corrected chi connectivity index (χ0v) is 24.7. The molecular weight excluding hydrogens is 512 g/mol. The Morgan fingerprint density at radius 2 is 0.805 bits per heavy atom. The van der Waals surface area contributed by atoms with Crippen LogP contribution in [0.25, 0.3) is 0 Å². The van der Waals surface area contributed by atoms with Crippen molar-refractivity contribution in [3.63, 3.8) is 0 Å². The molecule has 4 aromatic rings. The minimum absolute atomic E-state index is 0.201. The lowest BCUT2D eigenvalue weighted by atomic mass is 9.78. The molecule has 6 heteroatoms. The smallest absolute Gasteiger partial charge is 0.185 e. The maximum Gasteiger partial charge on any atom is 0.185 e. The average molecular weight is 551 g/mol. The lowest BCUT2D eigenvalue weighted by Gasteiger charge is -2.26. The predicted molar refractivity (Wildman–Crippen MR) is 167 cm³/mol. The van der Waals surface area contributed by atoms with E-state index in [0.29, 0.717) is 25.0 Å². The number of aliphatic imine (C=N–C) groups is 2. The molecule has 0 radical (unpaired) electrons. The fourth-order valence-corrected chi connectivity index (χ4v) is 4.34. The van der Waals surface area contributed by atoms with Gasteiger partial charge in [0.1, 0.15) is 23.0 Å². The highest BCUT2D eigenvalue weighted by atomic mass is 16.5. The molecule has 4 rings (SSSR count). The van der Waals surface area contributed by atoms with Gasteiger partial charge in [-0.25, -0.2) is 9.98 Å². The Bertz CT molecular complexity index is 1340. The van der Waals surface area contributed by atoms with Crippen molar-refractivity contribution in [1.82, 2.24) is 0 Å². The first-order valence-electron chi connectivity index (χ1n) is 13.9. The molecule has 0 spiro atoms. The Hall–Kier alpha value is -4.58. The van der Waals surface area contributed by atoms with Crippen LogP contribution in [0.15, 0.2) is 107 Å². The van der Waals surface area contributed by atoms with Crippen molar-refractivity contribution in [2.45, 2.75) is 47.0 Å². The Morgan fingerprint density at radius 1 is 0.512 bits per heavy atom. The molecule has 4 aromatic carbocycles. The molecule has 0 bridgehead atoms. The molecule has 41 heavy (non-hydrogen) atoms. The monoisotopic (exact) mass is 550 g/mol. The van der Waals surface area contributed by atoms with E-state index >= 15 is 0 Å².